The minimum absolute atomic E-state index is 0.00163. The van der Waals surface area contributed by atoms with E-state index in [1.165, 1.54) is 6.07 Å². The molecule has 0 aliphatic heterocycles. The van der Waals surface area contributed by atoms with Crippen LogP contribution in [-0.2, 0) is 0 Å². The number of nitrogens with zero attached hydrogens (tertiary/aromatic N) is 5. The maximum absolute atomic E-state index is 14.9. The summed E-state index contributed by atoms with van der Waals surface area (Å²) in [6.45, 7) is 2.44. The number of para-hydroxylation sites is 1. The molecule has 0 atom stereocenters. The molecule has 186 valence electrons. The van der Waals surface area contributed by atoms with Crippen molar-refractivity contribution in [2.24, 2.45) is 0 Å². The number of hydrogen-bond donors (Lipinski definition) is 2. The molecular weight excluding hydrogens is 473 g/mol. The quantitative estimate of drug-likeness (QED) is 0.344. The van der Waals surface area contributed by atoms with E-state index >= 15 is 0 Å². The molecule has 37 heavy (non-hydrogen) atoms. The molecule has 10 heteroatoms. The topological polar surface area (TPSA) is 111 Å². The van der Waals surface area contributed by atoms with E-state index in [2.05, 4.69) is 30.5 Å². The smallest absolute Gasteiger partial charge is 0.267 e. The first kappa shape index (κ1) is 22.8. The molecule has 5 aromatic rings. The number of carbonyl (C=O) groups excluding carboxylic acids is 1. The number of carbonyl (C=O) groups is 1. The highest BCUT2D eigenvalue weighted by Crippen LogP contribution is 2.39. The average Bonchev–Trinajstić information content (AvgIpc) is 3.52. The van der Waals surface area contributed by atoms with Gasteiger partial charge in [-0.3, -0.25) is 9.36 Å². The normalized spacial score (nSPS) is 16.9. The number of ether oxygens (including phenoxy) is 1. The van der Waals surface area contributed by atoms with Crippen LogP contribution in [0.4, 0.5) is 4.39 Å². The van der Waals surface area contributed by atoms with Crippen molar-refractivity contribution in [3.05, 3.63) is 84.3 Å². The van der Waals surface area contributed by atoms with Crippen molar-refractivity contribution >= 4 is 16.9 Å². The lowest BCUT2D eigenvalue weighted by atomic mass is 9.79. The van der Waals surface area contributed by atoms with Crippen LogP contribution < -0.4 is 10.1 Å². The number of pyridine rings is 2. The van der Waals surface area contributed by atoms with Crippen LogP contribution in [0.1, 0.15) is 42.0 Å². The number of nitrogens with one attached hydrogen (secondary N) is 2. The van der Waals surface area contributed by atoms with Crippen LogP contribution in [0.3, 0.4) is 0 Å². The molecule has 1 aliphatic rings. The third-order valence-corrected chi connectivity index (χ3v) is 6.53. The van der Waals surface area contributed by atoms with Gasteiger partial charge in [-0.05, 0) is 62.2 Å². The average molecular weight is 498 g/mol. The molecule has 1 aliphatic carbocycles. The molecule has 1 aromatic carbocycles. The van der Waals surface area contributed by atoms with E-state index in [1.807, 2.05) is 19.1 Å². The zero-order chi connectivity index (χ0) is 25.4. The van der Waals surface area contributed by atoms with Crippen LogP contribution in [0, 0.1) is 5.82 Å². The number of benzene rings is 1. The minimum atomic E-state index is -0.382. The Balaban J connectivity index is 1.24. The lowest BCUT2D eigenvalue weighted by Gasteiger charge is -2.35. The van der Waals surface area contributed by atoms with Gasteiger partial charge in [0.05, 0.1) is 18.5 Å². The molecule has 6 rings (SSSR count). The Morgan fingerprint density at radius 3 is 2.76 bits per heavy atom. The summed E-state index contributed by atoms with van der Waals surface area (Å²) in [6.07, 6.45) is 4.62. The van der Waals surface area contributed by atoms with Crippen molar-refractivity contribution < 1.29 is 13.9 Å². The number of aromatic amines is 1. The Morgan fingerprint density at radius 1 is 1.14 bits per heavy atom. The van der Waals surface area contributed by atoms with E-state index in [0.29, 0.717) is 59.6 Å². The van der Waals surface area contributed by atoms with Crippen LogP contribution in [0.25, 0.3) is 28.2 Å². The summed E-state index contributed by atoms with van der Waals surface area (Å²) < 4.78 is 22.1. The van der Waals surface area contributed by atoms with Crippen LogP contribution in [0.15, 0.2) is 67.0 Å². The first-order chi connectivity index (χ1) is 18.1. The van der Waals surface area contributed by atoms with Crippen LogP contribution in [-0.4, -0.2) is 48.3 Å². The number of fused-ring (bicyclic) bond motifs is 1. The van der Waals surface area contributed by atoms with E-state index in [-0.39, 0.29) is 23.7 Å². The van der Waals surface area contributed by atoms with E-state index < -0.39 is 0 Å². The molecule has 0 radical (unpaired) electrons. The summed E-state index contributed by atoms with van der Waals surface area (Å²) in [5.74, 6) is 1.16. The molecule has 0 bridgehead atoms. The molecule has 2 N–H and O–H groups in total. The molecule has 1 amide bonds. The second kappa shape index (κ2) is 9.45. The van der Waals surface area contributed by atoms with E-state index in [0.717, 1.165) is 5.39 Å². The molecule has 4 aromatic heterocycles. The van der Waals surface area contributed by atoms with Crippen molar-refractivity contribution in [1.82, 2.24) is 35.0 Å². The fourth-order valence-corrected chi connectivity index (χ4v) is 4.65. The van der Waals surface area contributed by atoms with Crippen LogP contribution in [0.2, 0.25) is 0 Å². The Kier molecular flexibility index (Phi) is 5.84. The molecular formula is C27H24FN7O2. The van der Waals surface area contributed by atoms with E-state index in [1.54, 1.807) is 53.4 Å². The summed E-state index contributed by atoms with van der Waals surface area (Å²) in [7, 11) is 0. The monoisotopic (exact) mass is 497 g/mol. The standard InChI is InChI=1S/C27H24FN7O2/c1-2-37-19-9-10-21(30-15-19)26-34-33-25(35(26)23-8-4-3-7-20(23)28)17-12-18(13-17)31-27(36)22-14-16-6-5-11-29-24(16)32-22/h3-11,14-15,17-18H,2,12-13H2,1H3,(H,29,32)(H,31,36)/t17-,18-. The largest absolute Gasteiger partial charge is 0.492 e. The zero-order valence-corrected chi connectivity index (χ0v) is 20.1. The fourth-order valence-electron chi connectivity index (χ4n) is 4.65. The first-order valence-electron chi connectivity index (χ1n) is 12.1. The van der Waals surface area contributed by atoms with Crippen molar-refractivity contribution in [2.75, 3.05) is 6.61 Å². The third-order valence-electron chi connectivity index (χ3n) is 6.53. The lowest BCUT2D eigenvalue weighted by molar-refractivity contribution is 0.0903. The van der Waals surface area contributed by atoms with Gasteiger partial charge in [-0.25, -0.2) is 14.4 Å². The summed E-state index contributed by atoms with van der Waals surface area (Å²) in [6, 6.07) is 15.6. The number of amides is 1. The maximum atomic E-state index is 14.9. The highest BCUT2D eigenvalue weighted by molar-refractivity contribution is 5.97. The summed E-state index contributed by atoms with van der Waals surface area (Å²) in [4.78, 5) is 24.5. The predicted molar refractivity (Wildman–Crippen MR) is 135 cm³/mol. The Hall–Kier alpha value is -4.60. The number of H-pyrrole nitrogens is 1. The van der Waals surface area contributed by atoms with Gasteiger partial charge in [-0.1, -0.05) is 12.1 Å². The van der Waals surface area contributed by atoms with Crippen molar-refractivity contribution in [3.8, 4) is 23.0 Å². The van der Waals surface area contributed by atoms with Gasteiger partial charge in [0.1, 0.15) is 34.4 Å². The van der Waals surface area contributed by atoms with Gasteiger partial charge in [0.2, 0.25) is 0 Å². The van der Waals surface area contributed by atoms with Gasteiger partial charge < -0.3 is 15.0 Å². The van der Waals surface area contributed by atoms with E-state index in [4.69, 9.17) is 4.74 Å². The van der Waals surface area contributed by atoms with E-state index in [9.17, 15) is 9.18 Å². The second-order valence-corrected chi connectivity index (χ2v) is 8.94. The number of halogens is 1. The van der Waals surface area contributed by atoms with Crippen LogP contribution in [0.5, 0.6) is 5.75 Å². The van der Waals surface area contributed by atoms with Crippen molar-refractivity contribution in [3.63, 3.8) is 0 Å². The Labute approximate surface area is 211 Å². The minimum Gasteiger partial charge on any atom is -0.492 e. The molecule has 0 spiro atoms. The van der Waals surface area contributed by atoms with Gasteiger partial charge >= 0.3 is 0 Å². The summed E-state index contributed by atoms with van der Waals surface area (Å²) in [5, 5.41) is 12.8. The fraction of sp³-hybridized carbons (Fsp3) is 0.222. The zero-order valence-electron chi connectivity index (χ0n) is 20.1. The number of aromatic nitrogens is 6. The third kappa shape index (κ3) is 4.31. The lowest BCUT2D eigenvalue weighted by Crippen LogP contribution is -2.44. The SMILES string of the molecule is CCOc1ccc(-c2nnc([C@H]3C[C@H](NC(=O)c4cc5cccnc5[nH]4)C3)n2-c2ccccc2F)nc1. The number of rotatable bonds is 7. The number of hydrogen-bond acceptors (Lipinski definition) is 6. The first-order valence-corrected chi connectivity index (χ1v) is 12.1. The summed E-state index contributed by atoms with van der Waals surface area (Å²) >= 11 is 0. The molecule has 0 unspecified atom stereocenters. The van der Waals surface area contributed by atoms with Gasteiger partial charge in [-0.2, -0.15) is 0 Å². The van der Waals surface area contributed by atoms with Crippen molar-refractivity contribution in [2.45, 2.75) is 31.7 Å². The molecule has 1 fully saturated rings. The molecule has 0 saturated heterocycles. The molecule has 9 nitrogen and oxygen atoms in total. The van der Waals surface area contributed by atoms with Gasteiger partial charge in [0, 0.05) is 23.5 Å². The Morgan fingerprint density at radius 2 is 2.00 bits per heavy atom. The van der Waals surface area contributed by atoms with Gasteiger partial charge in [-0.15, -0.1) is 10.2 Å². The summed E-state index contributed by atoms with van der Waals surface area (Å²) in [5.41, 5.74) is 2.05. The van der Waals surface area contributed by atoms with Gasteiger partial charge in [0.15, 0.2) is 5.82 Å². The van der Waals surface area contributed by atoms with Crippen LogP contribution >= 0.6 is 0 Å². The predicted octanol–water partition coefficient (Wildman–Crippen LogP) is 4.42. The maximum Gasteiger partial charge on any atom is 0.267 e. The highest BCUT2D eigenvalue weighted by atomic mass is 19.1. The highest BCUT2D eigenvalue weighted by Gasteiger charge is 2.36. The molecule has 4 heterocycles. The second-order valence-electron chi connectivity index (χ2n) is 8.94. The molecule has 1 saturated carbocycles. The Bertz CT molecular complexity index is 1540. The van der Waals surface area contributed by atoms with Gasteiger partial charge in [0.25, 0.3) is 5.91 Å². The van der Waals surface area contributed by atoms with Crippen molar-refractivity contribution in [1.29, 1.82) is 0 Å².